The van der Waals surface area contributed by atoms with Gasteiger partial charge in [-0.2, -0.15) is 0 Å². The van der Waals surface area contributed by atoms with Gasteiger partial charge in [-0.05, 0) is 42.4 Å². The molecule has 0 heterocycles. The van der Waals surface area contributed by atoms with Crippen LogP contribution >= 0.6 is 0 Å². The molecule has 0 radical (unpaired) electrons. The first kappa shape index (κ1) is 19.1. The maximum Gasteiger partial charge on any atom is -0.0353 e. The van der Waals surface area contributed by atoms with Crippen LogP contribution in [0.2, 0.25) is 0 Å². The molecular weight excluding hydrogens is 204 g/mol. The number of hydrogen-bond donors (Lipinski definition) is 0. The van der Waals surface area contributed by atoms with Gasteiger partial charge in [-0.3, -0.25) is 0 Å². The fraction of sp³-hybridized carbons (Fsp3) is 0.882. The Kier molecular flexibility index (Phi) is 9.85. The molecule has 0 fully saturated rings. The minimum atomic E-state index is 0.503. The van der Waals surface area contributed by atoms with Crippen molar-refractivity contribution in [3.05, 3.63) is 12.7 Å². The van der Waals surface area contributed by atoms with Crippen LogP contribution in [-0.4, -0.2) is 0 Å². The van der Waals surface area contributed by atoms with Gasteiger partial charge in [-0.25, -0.2) is 0 Å². The molecule has 0 unspecified atom stereocenters. The summed E-state index contributed by atoms with van der Waals surface area (Å²) in [5, 5.41) is 0. The Labute approximate surface area is 111 Å². The molecule has 104 valence electrons. The Hall–Kier alpha value is -0.260. The van der Waals surface area contributed by atoms with Crippen LogP contribution in [0.15, 0.2) is 12.7 Å². The first-order chi connectivity index (χ1) is 7.48. The smallest absolute Gasteiger partial charge is 0.0353 e. The minimum Gasteiger partial charge on any atom is -0.103 e. The molecule has 0 aromatic rings. The third kappa shape index (κ3) is 25.8. The molecule has 0 aromatic heterocycles. The molecule has 0 aliphatic carbocycles. The molecule has 0 nitrogen and oxygen atoms in total. The summed E-state index contributed by atoms with van der Waals surface area (Å²) in [6.07, 6.45) is 7.07. The van der Waals surface area contributed by atoms with Crippen molar-refractivity contribution in [2.75, 3.05) is 0 Å². The van der Waals surface area contributed by atoms with Crippen molar-refractivity contribution in [2.45, 2.75) is 81.1 Å². The number of rotatable bonds is 4. The van der Waals surface area contributed by atoms with Crippen LogP contribution in [0.3, 0.4) is 0 Å². The maximum absolute atomic E-state index is 3.68. The summed E-state index contributed by atoms with van der Waals surface area (Å²) in [4.78, 5) is 0. The van der Waals surface area contributed by atoms with E-state index in [0.717, 1.165) is 12.3 Å². The van der Waals surface area contributed by atoms with Crippen LogP contribution in [0, 0.1) is 16.7 Å². The van der Waals surface area contributed by atoms with Crippen LogP contribution in [0.4, 0.5) is 0 Å². The van der Waals surface area contributed by atoms with Gasteiger partial charge in [0.1, 0.15) is 0 Å². The van der Waals surface area contributed by atoms with E-state index in [1.807, 2.05) is 6.08 Å². The molecule has 0 spiro atoms. The van der Waals surface area contributed by atoms with E-state index in [4.69, 9.17) is 0 Å². The second-order valence-corrected chi connectivity index (χ2v) is 7.90. The zero-order valence-corrected chi connectivity index (χ0v) is 13.7. The predicted molar refractivity (Wildman–Crippen MR) is 82.4 cm³/mol. The van der Waals surface area contributed by atoms with E-state index in [0.29, 0.717) is 10.8 Å². The van der Waals surface area contributed by atoms with Gasteiger partial charge in [0, 0.05) is 0 Å². The summed E-state index contributed by atoms with van der Waals surface area (Å²) in [6, 6.07) is 0. The highest BCUT2D eigenvalue weighted by Crippen LogP contribution is 2.23. The predicted octanol–water partition coefficient (Wildman–Crippen LogP) is 6.47. The third-order valence-corrected chi connectivity index (χ3v) is 2.36. The van der Waals surface area contributed by atoms with Crippen LogP contribution in [0.5, 0.6) is 0 Å². The molecule has 0 aliphatic heterocycles. The lowest BCUT2D eigenvalue weighted by atomic mass is 9.86. The standard InChI is InChI=1S/C9H18.C8H18/c1-5-6-7-8-9(2,3)4;1-7(2)6-8(3,4)5/h5H,1,6-8H2,2-4H3;7H,6H2,1-5H3. The third-order valence-electron chi connectivity index (χ3n) is 2.36. The first-order valence-corrected chi connectivity index (χ1v) is 7.09. The lowest BCUT2D eigenvalue weighted by Gasteiger charge is -2.19. The maximum atomic E-state index is 3.68. The van der Waals surface area contributed by atoms with E-state index < -0.39 is 0 Å². The van der Waals surface area contributed by atoms with Gasteiger partial charge in [0.15, 0.2) is 0 Å². The quantitative estimate of drug-likeness (QED) is 0.390. The second-order valence-electron chi connectivity index (χ2n) is 7.90. The van der Waals surface area contributed by atoms with Crippen molar-refractivity contribution in [1.82, 2.24) is 0 Å². The average molecular weight is 240 g/mol. The molecule has 0 saturated carbocycles. The summed E-state index contributed by atoms with van der Waals surface area (Å²) in [6.45, 7) is 21.9. The second kappa shape index (κ2) is 8.78. The zero-order valence-electron chi connectivity index (χ0n) is 13.7. The highest BCUT2D eigenvalue weighted by atomic mass is 14.2. The molecule has 0 atom stereocenters. The van der Waals surface area contributed by atoms with Crippen LogP contribution in [0.25, 0.3) is 0 Å². The first-order valence-electron chi connectivity index (χ1n) is 7.09. The average Bonchev–Trinajstić information content (AvgIpc) is 1.98. The van der Waals surface area contributed by atoms with Gasteiger partial charge in [0.2, 0.25) is 0 Å². The van der Waals surface area contributed by atoms with Crippen molar-refractivity contribution >= 4 is 0 Å². The van der Waals surface area contributed by atoms with E-state index >= 15 is 0 Å². The fourth-order valence-electron chi connectivity index (χ4n) is 2.00. The summed E-state index contributed by atoms with van der Waals surface area (Å²) in [7, 11) is 0. The fourth-order valence-corrected chi connectivity index (χ4v) is 2.00. The van der Waals surface area contributed by atoms with Crippen molar-refractivity contribution in [2.24, 2.45) is 16.7 Å². The molecular formula is C17H36. The van der Waals surface area contributed by atoms with Gasteiger partial charge in [-0.1, -0.05) is 61.5 Å². The molecule has 17 heavy (non-hydrogen) atoms. The van der Waals surface area contributed by atoms with Crippen LogP contribution in [-0.2, 0) is 0 Å². The summed E-state index contributed by atoms with van der Waals surface area (Å²) in [5.41, 5.74) is 1.02. The van der Waals surface area contributed by atoms with Crippen LogP contribution < -0.4 is 0 Å². The highest BCUT2D eigenvalue weighted by molar-refractivity contribution is 4.69. The van der Waals surface area contributed by atoms with Gasteiger partial charge in [0.05, 0.1) is 0 Å². The lowest BCUT2D eigenvalue weighted by Crippen LogP contribution is -2.08. The van der Waals surface area contributed by atoms with Gasteiger partial charge in [0.25, 0.3) is 0 Å². The lowest BCUT2D eigenvalue weighted by molar-refractivity contribution is 0.320. The van der Waals surface area contributed by atoms with Crippen molar-refractivity contribution in [3.63, 3.8) is 0 Å². The number of hydrogen-bond acceptors (Lipinski definition) is 0. The largest absolute Gasteiger partial charge is 0.103 e. The van der Waals surface area contributed by atoms with Gasteiger partial charge >= 0.3 is 0 Å². The number of allylic oxidation sites excluding steroid dienone is 1. The van der Waals surface area contributed by atoms with Gasteiger partial charge in [-0.15, -0.1) is 6.58 Å². The monoisotopic (exact) mass is 240 g/mol. The van der Waals surface area contributed by atoms with E-state index in [2.05, 4.69) is 62.0 Å². The van der Waals surface area contributed by atoms with E-state index in [9.17, 15) is 0 Å². The van der Waals surface area contributed by atoms with E-state index in [-0.39, 0.29) is 0 Å². The molecule has 0 heteroatoms. The summed E-state index contributed by atoms with van der Waals surface area (Å²) in [5.74, 6) is 0.843. The van der Waals surface area contributed by atoms with E-state index in [1.54, 1.807) is 0 Å². The number of unbranched alkanes of at least 4 members (excludes halogenated alkanes) is 1. The normalized spacial score (nSPS) is 12.1. The zero-order chi connectivity index (χ0) is 14.1. The minimum absolute atomic E-state index is 0.503. The molecule has 0 aromatic carbocycles. The van der Waals surface area contributed by atoms with E-state index in [1.165, 1.54) is 19.3 Å². The Morgan fingerprint density at radius 1 is 0.941 bits per heavy atom. The Morgan fingerprint density at radius 2 is 1.41 bits per heavy atom. The van der Waals surface area contributed by atoms with Crippen LogP contribution in [0.1, 0.15) is 81.1 Å². The van der Waals surface area contributed by atoms with Crippen molar-refractivity contribution < 1.29 is 0 Å². The Balaban J connectivity index is 0. The summed E-state index contributed by atoms with van der Waals surface area (Å²) >= 11 is 0. The molecule has 0 saturated heterocycles. The Morgan fingerprint density at radius 3 is 1.59 bits per heavy atom. The topological polar surface area (TPSA) is 0 Å². The van der Waals surface area contributed by atoms with Crippen molar-refractivity contribution in [1.29, 1.82) is 0 Å². The van der Waals surface area contributed by atoms with Crippen molar-refractivity contribution in [3.8, 4) is 0 Å². The molecule has 0 rings (SSSR count). The molecule has 0 bridgehead atoms. The summed E-state index contributed by atoms with van der Waals surface area (Å²) < 4.78 is 0. The molecule has 0 aliphatic rings. The van der Waals surface area contributed by atoms with Gasteiger partial charge < -0.3 is 0 Å². The Bertz CT molecular complexity index is 173. The molecule has 0 amide bonds. The highest BCUT2D eigenvalue weighted by Gasteiger charge is 2.11. The SMILES string of the molecule is C=CCCCC(C)(C)C.CC(C)CC(C)(C)C. The molecule has 0 N–H and O–H groups in total.